The highest BCUT2D eigenvalue weighted by atomic mass is 32.1. The van der Waals surface area contributed by atoms with E-state index in [2.05, 4.69) is 11.9 Å². The molecule has 31 heavy (non-hydrogen) atoms. The topological polar surface area (TPSA) is 88.4 Å². The van der Waals surface area contributed by atoms with E-state index in [0.29, 0.717) is 39.7 Å². The van der Waals surface area contributed by atoms with Crippen molar-refractivity contribution in [3.63, 3.8) is 0 Å². The van der Waals surface area contributed by atoms with Crippen LogP contribution >= 0.6 is 11.3 Å². The molecule has 0 radical (unpaired) electrons. The maximum Gasteiger partial charge on any atom is 0.325 e. The first-order valence-electron chi connectivity index (χ1n) is 9.90. The van der Waals surface area contributed by atoms with E-state index in [9.17, 15) is 9.59 Å². The summed E-state index contributed by atoms with van der Waals surface area (Å²) in [7, 11) is 1.32. The number of fused-ring (bicyclic) bond motifs is 2. The third-order valence-electron chi connectivity index (χ3n) is 4.76. The molecule has 162 valence electrons. The molecule has 0 atom stereocenters. The van der Waals surface area contributed by atoms with Crippen molar-refractivity contribution in [1.82, 2.24) is 4.57 Å². The van der Waals surface area contributed by atoms with Gasteiger partial charge in [-0.05, 0) is 30.7 Å². The van der Waals surface area contributed by atoms with Gasteiger partial charge in [0.2, 0.25) is 6.79 Å². The lowest BCUT2D eigenvalue weighted by molar-refractivity contribution is -0.141. The molecule has 2 heterocycles. The number of benzene rings is 2. The summed E-state index contributed by atoms with van der Waals surface area (Å²) in [6.45, 7) is 2.81. The van der Waals surface area contributed by atoms with Crippen LogP contribution in [0.15, 0.2) is 41.4 Å². The lowest BCUT2D eigenvalue weighted by atomic mass is 10.2. The normalized spacial score (nSPS) is 12.9. The van der Waals surface area contributed by atoms with Gasteiger partial charge < -0.3 is 23.5 Å². The summed E-state index contributed by atoms with van der Waals surface area (Å²) < 4.78 is 23.8. The molecule has 9 heteroatoms. The first-order valence-corrected chi connectivity index (χ1v) is 10.7. The number of hydrogen-bond acceptors (Lipinski definition) is 7. The smallest absolute Gasteiger partial charge is 0.325 e. The van der Waals surface area contributed by atoms with Gasteiger partial charge in [-0.25, -0.2) is 0 Å². The van der Waals surface area contributed by atoms with Gasteiger partial charge in [0.1, 0.15) is 12.3 Å². The molecule has 0 saturated carbocycles. The fourth-order valence-electron chi connectivity index (χ4n) is 3.07. The highest BCUT2D eigenvalue weighted by molar-refractivity contribution is 7.16. The van der Waals surface area contributed by atoms with E-state index in [1.54, 1.807) is 34.9 Å². The lowest BCUT2D eigenvalue weighted by Crippen LogP contribution is -2.22. The van der Waals surface area contributed by atoms with E-state index in [1.807, 2.05) is 6.07 Å². The summed E-state index contributed by atoms with van der Waals surface area (Å²) in [4.78, 5) is 29.4. The van der Waals surface area contributed by atoms with Crippen LogP contribution in [-0.2, 0) is 16.1 Å². The number of carbonyl (C=O) groups is 2. The highest BCUT2D eigenvalue weighted by Gasteiger charge is 2.19. The second-order valence-electron chi connectivity index (χ2n) is 6.86. The second-order valence-corrected chi connectivity index (χ2v) is 7.87. The van der Waals surface area contributed by atoms with Crippen molar-refractivity contribution in [2.75, 3.05) is 20.5 Å². The predicted octanol–water partition coefficient (Wildman–Crippen LogP) is 3.52. The molecule has 0 fully saturated rings. The Morgan fingerprint density at radius 1 is 1.16 bits per heavy atom. The van der Waals surface area contributed by atoms with Crippen molar-refractivity contribution < 1.29 is 28.5 Å². The largest absolute Gasteiger partial charge is 0.494 e. The number of methoxy groups -OCH3 is 1. The zero-order chi connectivity index (χ0) is 21.8. The molecule has 1 aromatic heterocycles. The van der Waals surface area contributed by atoms with Crippen LogP contribution in [-0.4, -0.2) is 37.0 Å². The van der Waals surface area contributed by atoms with Crippen LogP contribution in [0.3, 0.4) is 0 Å². The molecule has 1 aliphatic rings. The minimum Gasteiger partial charge on any atom is -0.494 e. The highest BCUT2D eigenvalue weighted by Crippen LogP contribution is 2.37. The molecule has 8 nitrogen and oxygen atoms in total. The molecule has 2 aromatic carbocycles. The van der Waals surface area contributed by atoms with Crippen LogP contribution in [0.4, 0.5) is 0 Å². The van der Waals surface area contributed by atoms with E-state index < -0.39 is 11.9 Å². The Kier molecular flexibility index (Phi) is 6.22. The molecular weight excluding hydrogens is 420 g/mol. The number of aromatic nitrogens is 1. The van der Waals surface area contributed by atoms with E-state index in [-0.39, 0.29) is 13.3 Å². The van der Waals surface area contributed by atoms with Crippen molar-refractivity contribution in [2.24, 2.45) is 4.99 Å². The maximum absolute atomic E-state index is 12.8. The van der Waals surface area contributed by atoms with Crippen LogP contribution in [0, 0.1) is 0 Å². The van der Waals surface area contributed by atoms with Crippen LogP contribution in [0.25, 0.3) is 10.2 Å². The number of ether oxygens (including phenoxy) is 4. The number of nitrogens with zero attached hydrogens (tertiary/aromatic N) is 2. The van der Waals surface area contributed by atoms with Gasteiger partial charge >= 0.3 is 5.97 Å². The summed E-state index contributed by atoms with van der Waals surface area (Å²) in [5.74, 6) is 1.06. The van der Waals surface area contributed by atoms with Gasteiger partial charge in [-0.3, -0.25) is 9.59 Å². The van der Waals surface area contributed by atoms with E-state index in [4.69, 9.17) is 18.9 Å². The number of carbonyl (C=O) groups excluding carboxylic acids is 2. The van der Waals surface area contributed by atoms with Crippen molar-refractivity contribution >= 4 is 33.4 Å². The van der Waals surface area contributed by atoms with Gasteiger partial charge in [-0.1, -0.05) is 24.7 Å². The summed E-state index contributed by atoms with van der Waals surface area (Å²) in [6.07, 6.45) is 2.03. The standard InChI is InChI=1S/C22H22N2O6S/c1-3-4-9-28-15-7-5-14(6-8-15)21(26)23-22-24(12-20(25)27-2)16-10-17-18(30-13-29-17)11-19(16)31-22/h5-8,10-11H,3-4,9,12-13H2,1-2H3. The van der Waals surface area contributed by atoms with Crippen molar-refractivity contribution in [1.29, 1.82) is 0 Å². The number of amides is 1. The predicted molar refractivity (Wildman–Crippen MR) is 115 cm³/mol. The summed E-state index contributed by atoms with van der Waals surface area (Å²) in [5.41, 5.74) is 1.14. The third kappa shape index (κ3) is 4.56. The molecule has 0 bridgehead atoms. The summed E-state index contributed by atoms with van der Waals surface area (Å²) in [5, 5.41) is 0. The van der Waals surface area contributed by atoms with Crippen LogP contribution in [0.5, 0.6) is 17.2 Å². The Bertz CT molecular complexity index is 1180. The zero-order valence-electron chi connectivity index (χ0n) is 17.3. The first-order chi connectivity index (χ1) is 15.1. The first kappa shape index (κ1) is 20.9. The average molecular weight is 442 g/mol. The Labute approximate surface area is 182 Å². The van der Waals surface area contributed by atoms with Gasteiger partial charge in [0.05, 0.1) is 23.9 Å². The quantitative estimate of drug-likeness (QED) is 0.411. The molecule has 4 rings (SSSR count). The van der Waals surface area contributed by atoms with Crippen LogP contribution in [0.1, 0.15) is 30.1 Å². The minimum absolute atomic E-state index is 0.0769. The second kappa shape index (κ2) is 9.22. The molecule has 0 N–H and O–H groups in total. The van der Waals surface area contributed by atoms with E-state index in [0.717, 1.165) is 17.5 Å². The van der Waals surface area contributed by atoms with Gasteiger partial charge in [-0.2, -0.15) is 4.99 Å². The molecule has 0 aliphatic carbocycles. The average Bonchev–Trinajstić information content (AvgIpc) is 3.36. The Hall–Kier alpha value is -3.33. The van der Waals surface area contributed by atoms with E-state index >= 15 is 0 Å². The fourth-order valence-corrected chi connectivity index (χ4v) is 4.11. The SMILES string of the molecule is CCCCOc1ccc(C(=O)N=c2sc3cc4c(cc3n2CC(=O)OC)OCO4)cc1. The lowest BCUT2D eigenvalue weighted by Gasteiger charge is -2.05. The van der Waals surface area contributed by atoms with E-state index in [1.165, 1.54) is 18.4 Å². The number of unbranched alkanes of at least 4 members (excludes halogenated alkanes) is 1. The summed E-state index contributed by atoms with van der Waals surface area (Å²) in [6, 6.07) is 10.5. The van der Waals surface area contributed by atoms with Crippen molar-refractivity contribution in [3.05, 3.63) is 46.8 Å². The Morgan fingerprint density at radius 3 is 2.61 bits per heavy atom. The number of esters is 1. The molecule has 0 spiro atoms. The third-order valence-corrected chi connectivity index (χ3v) is 5.80. The maximum atomic E-state index is 12.8. The molecule has 0 unspecified atom stereocenters. The number of hydrogen-bond donors (Lipinski definition) is 0. The van der Waals surface area contributed by atoms with Crippen LogP contribution in [0.2, 0.25) is 0 Å². The number of thiazole rings is 1. The molecule has 0 saturated heterocycles. The van der Waals surface area contributed by atoms with Gasteiger partial charge in [0, 0.05) is 17.7 Å². The van der Waals surface area contributed by atoms with Crippen LogP contribution < -0.4 is 19.0 Å². The van der Waals surface area contributed by atoms with Gasteiger partial charge in [-0.15, -0.1) is 0 Å². The Balaban J connectivity index is 1.68. The minimum atomic E-state index is -0.445. The molecule has 1 aliphatic heterocycles. The van der Waals surface area contributed by atoms with Gasteiger partial charge in [0.25, 0.3) is 5.91 Å². The Morgan fingerprint density at radius 2 is 1.90 bits per heavy atom. The summed E-state index contributed by atoms with van der Waals surface area (Å²) >= 11 is 1.29. The monoisotopic (exact) mass is 442 g/mol. The fraction of sp³-hybridized carbons (Fsp3) is 0.318. The van der Waals surface area contributed by atoms with Crippen molar-refractivity contribution in [2.45, 2.75) is 26.3 Å². The zero-order valence-corrected chi connectivity index (χ0v) is 18.1. The molecule has 3 aromatic rings. The molecular formula is C22H22N2O6S. The number of rotatable bonds is 7. The van der Waals surface area contributed by atoms with Crippen molar-refractivity contribution in [3.8, 4) is 17.2 Å². The van der Waals surface area contributed by atoms with Gasteiger partial charge in [0.15, 0.2) is 16.3 Å². The molecule has 1 amide bonds.